The maximum absolute atomic E-state index is 11.6. The second-order valence-electron chi connectivity index (χ2n) is 8.06. The SMILES string of the molecule is CC(C)=CCC(O)C(C)CCC[C@]1(C)OC[C@]2(C(N)=O)CC[C@H]1O2. The lowest BCUT2D eigenvalue weighted by atomic mass is 9.87. The van der Waals surface area contributed by atoms with Gasteiger partial charge in [-0.3, -0.25) is 4.79 Å². The third kappa shape index (κ3) is 4.19. The van der Waals surface area contributed by atoms with Crippen molar-refractivity contribution in [2.45, 2.75) is 89.6 Å². The van der Waals surface area contributed by atoms with E-state index >= 15 is 0 Å². The molecule has 0 saturated carbocycles. The summed E-state index contributed by atoms with van der Waals surface area (Å²) in [6.07, 6.45) is 6.68. The van der Waals surface area contributed by atoms with E-state index in [2.05, 4.69) is 19.9 Å². The van der Waals surface area contributed by atoms with Crippen molar-refractivity contribution in [3.05, 3.63) is 11.6 Å². The van der Waals surface area contributed by atoms with Crippen LogP contribution >= 0.6 is 0 Å². The van der Waals surface area contributed by atoms with Crippen LogP contribution in [-0.2, 0) is 14.3 Å². The van der Waals surface area contributed by atoms with Crippen LogP contribution in [0.5, 0.6) is 0 Å². The van der Waals surface area contributed by atoms with Gasteiger partial charge in [-0.1, -0.05) is 25.0 Å². The summed E-state index contributed by atoms with van der Waals surface area (Å²) in [6, 6.07) is 0. The van der Waals surface area contributed by atoms with Gasteiger partial charge in [0.1, 0.15) is 0 Å². The molecular formula is C19H33NO4. The minimum absolute atomic E-state index is 0.0651. The maximum Gasteiger partial charge on any atom is 0.252 e. The number of carbonyl (C=O) groups is 1. The zero-order valence-electron chi connectivity index (χ0n) is 15.5. The van der Waals surface area contributed by atoms with Gasteiger partial charge in [0.15, 0.2) is 5.60 Å². The number of aliphatic hydroxyl groups excluding tert-OH is 1. The minimum Gasteiger partial charge on any atom is -0.393 e. The molecule has 2 saturated heterocycles. The van der Waals surface area contributed by atoms with Gasteiger partial charge in [0.25, 0.3) is 5.91 Å². The Bertz CT molecular complexity index is 488. The van der Waals surface area contributed by atoms with Crippen molar-refractivity contribution in [3.63, 3.8) is 0 Å². The number of primary amides is 1. The van der Waals surface area contributed by atoms with E-state index in [1.54, 1.807) is 0 Å². The predicted molar refractivity (Wildman–Crippen MR) is 93.5 cm³/mol. The maximum atomic E-state index is 11.6. The fourth-order valence-electron chi connectivity index (χ4n) is 3.71. The van der Waals surface area contributed by atoms with Crippen molar-refractivity contribution in [2.75, 3.05) is 6.61 Å². The molecule has 138 valence electrons. The van der Waals surface area contributed by atoms with Crippen LogP contribution in [0.4, 0.5) is 0 Å². The third-order valence-corrected chi connectivity index (χ3v) is 5.70. The summed E-state index contributed by atoms with van der Waals surface area (Å²) in [5, 5.41) is 10.2. The number of nitrogens with two attached hydrogens (primary N) is 1. The van der Waals surface area contributed by atoms with E-state index in [1.807, 2.05) is 13.8 Å². The summed E-state index contributed by atoms with van der Waals surface area (Å²) in [6.45, 7) is 8.52. The highest BCUT2D eigenvalue weighted by molar-refractivity contribution is 5.84. The number of aliphatic hydroxyl groups is 1. The van der Waals surface area contributed by atoms with Crippen molar-refractivity contribution in [1.82, 2.24) is 0 Å². The molecule has 5 nitrogen and oxygen atoms in total. The summed E-state index contributed by atoms with van der Waals surface area (Å²) >= 11 is 0. The number of hydrogen-bond donors (Lipinski definition) is 2. The molecule has 2 bridgehead atoms. The van der Waals surface area contributed by atoms with E-state index in [0.29, 0.717) is 12.8 Å². The van der Waals surface area contributed by atoms with Gasteiger partial charge in [-0.25, -0.2) is 0 Å². The molecule has 5 heteroatoms. The van der Waals surface area contributed by atoms with E-state index < -0.39 is 11.5 Å². The van der Waals surface area contributed by atoms with Crippen LogP contribution in [0.15, 0.2) is 11.6 Å². The molecule has 0 spiro atoms. The molecule has 2 aliphatic heterocycles. The Kier molecular flexibility index (Phi) is 6.10. The molecule has 2 rings (SSSR count). The normalized spacial score (nSPS) is 34.6. The average Bonchev–Trinajstić information content (AvgIpc) is 2.91. The summed E-state index contributed by atoms with van der Waals surface area (Å²) in [4.78, 5) is 11.6. The van der Waals surface area contributed by atoms with E-state index in [1.165, 1.54) is 5.57 Å². The van der Waals surface area contributed by atoms with Gasteiger partial charge in [-0.2, -0.15) is 0 Å². The zero-order valence-corrected chi connectivity index (χ0v) is 15.5. The van der Waals surface area contributed by atoms with Crippen LogP contribution in [0.1, 0.15) is 66.2 Å². The molecule has 0 aromatic heterocycles. The molecule has 2 aliphatic rings. The lowest BCUT2D eigenvalue weighted by Crippen LogP contribution is -2.57. The summed E-state index contributed by atoms with van der Waals surface area (Å²) in [5.41, 5.74) is 5.45. The molecule has 0 aromatic carbocycles. The summed E-state index contributed by atoms with van der Waals surface area (Å²) < 4.78 is 12.0. The fraction of sp³-hybridized carbons (Fsp3) is 0.842. The molecule has 2 unspecified atom stereocenters. The third-order valence-electron chi connectivity index (χ3n) is 5.70. The van der Waals surface area contributed by atoms with Crippen molar-refractivity contribution in [3.8, 4) is 0 Å². The quantitative estimate of drug-likeness (QED) is 0.666. The van der Waals surface area contributed by atoms with Gasteiger partial charge < -0.3 is 20.3 Å². The highest BCUT2D eigenvalue weighted by atomic mass is 16.6. The first kappa shape index (κ1) is 19.4. The van der Waals surface area contributed by atoms with E-state index in [9.17, 15) is 9.90 Å². The Morgan fingerprint density at radius 2 is 2.17 bits per heavy atom. The highest BCUT2D eigenvalue weighted by Gasteiger charge is 2.56. The van der Waals surface area contributed by atoms with E-state index in [0.717, 1.165) is 25.7 Å². The summed E-state index contributed by atoms with van der Waals surface area (Å²) in [7, 11) is 0. The first-order chi connectivity index (χ1) is 11.2. The molecule has 24 heavy (non-hydrogen) atoms. The lowest BCUT2D eigenvalue weighted by Gasteiger charge is -2.43. The van der Waals surface area contributed by atoms with Crippen LogP contribution < -0.4 is 5.73 Å². The number of hydrogen-bond acceptors (Lipinski definition) is 4. The Morgan fingerprint density at radius 1 is 1.46 bits per heavy atom. The number of carbonyl (C=O) groups excluding carboxylic acids is 1. The van der Waals surface area contributed by atoms with Crippen molar-refractivity contribution < 1.29 is 19.4 Å². The van der Waals surface area contributed by atoms with Crippen LogP contribution in [0.3, 0.4) is 0 Å². The molecule has 2 fully saturated rings. The molecule has 3 N–H and O–H groups in total. The number of rotatable bonds is 8. The van der Waals surface area contributed by atoms with Crippen molar-refractivity contribution in [1.29, 1.82) is 0 Å². The zero-order chi connectivity index (χ0) is 18.0. The van der Waals surface area contributed by atoms with Crippen molar-refractivity contribution >= 4 is 5.91 Å². The van der Waals surface area contributed by atoms with Gasteiger partial charge in [0.05, 0.1) is 24.4 Å². The molecule has 0 radical (unpaired) electrons. The Balaban J connectivity index is 1.80. The monoisotopic (exact) mass is 339 g/mol. The molecule has 0 aromatic rings. The van der Waals surface area contributed by atoms with Crippen LogP contribution in [-0.4, -0.2) is 41.0 Å². The molecule has 2 heterocycles. The molecular weight excluding hydrogens is 306 g/mol. The minimum atomic E-state index is -0.905. The van der Waals surface area contributed by atoms with Gasteiger partial charge in [0.2, 0.25) is 0 Å². The van der Waals surface area contributed by atoms with E-state index in [-0.39, 0.29) is 30.3 Å². The fourth-order valence-corrected chi connectivity index (χ4v) is 3.71. The Morgan fingerprint density at radius 3 is 2.79 bits per heavy atom. The molecule has 1 amide bonds. The van der Waals surface area contributed by atoms with E-state index in [4.69, 9.17) is 15.2 Å². The van der Waals surface area contributed by atoms with Gasteiger partial charge in [-0.05, 0) is 58.8 Å². The predicted octanol–water partition coefficient (Wildman–Crippen LogP) is 2.70. The van der Waals surface area contributed by atoms with Gasteiger partial charge in [-0.15, -0.1) is 0 Å². The second-order valence-corrected chi connectivity index (χ2v) is 8.06. The van der Waals surface area contributed by atoms with Crippen LogP contribution in [0, 0.1) is 5.92 Å². The topological polar surface area (TPSA) is 81.8 Å². The lowest BCUT2D eigenvalue weighted by molar-refractivity contribution is -0.235. The van der Waals surface area contributed by atoms with Crippen LogP contribution in [0.25, 0.3) is 0 Å². The number of fused-ring (bicyclic) bond motifs is 2. The summed E-state index contributed by atoms with van der Waals surface area (Å²) in [5.74, 6) is -0.162. The Labute approximate surface area is 145 Å². The number of amides is 1. The van der Waals surface area contributed by atoms with Gasteiger partial charge >= 0.3 is 0 Å². The number of ether oxygens (including phenoxy) is 2. The van der Waals surface area contributed by atoms with Gasteiger partial charge in [0, 0.05) is 0 Å². The smallest absolute Gasteiger partial charge is 0.252 e. The van der Waals surface area contributed by atoms with Crippen LogP contribution in [0.2, 0.25) is 0 Å². The molecule has 5 atom stereocenters. The standard InChI is InChI=1S/C19H33NO4/c1-13(2)7-8-15(21)14(3)6-5-10-18(4)16-9-11-19(24-16,12-23-18)17(20)22/h7,14-16,21H,5-6,8-12H2,1-4H3,(H2,20,22)/t14?,15?,16-,18+,19+/m1/s1. The second kappa shape index (κ2) is 7.54. The largest absolute Gasteiger partial charge is 0.393 e. The first-order valence-corrected chi connectivity index (χ1v) is 9.12. The van der Waals surface area contributed by atoms with Crippen molar-refractivity contribution in [2.24, 2.45) is 11.7 Å². The molecule has 0 aliphatic carbocycles. The Hall–Kier alpha value is -0.910. The average molecular weight is 339 g/mol. The highest BCUT2D eigenvalue weighted by Crippen LogP contribution is 2.44. The number of allylic oxidation sites excluding steroid dienone is 1. The first-order valence-electron chi connectivity index (χ1n) is 9.12.